The zero-order chi connectivity index (χ0) is 14.1. The fourth-order valence-corrected chi connectivity index (χ4v) is 2.80. The molecule has 3 nitrogen and oxygen atoms in total. The lowest BCUT2D eigenvalue weighted by Gasteiger charge is -2.20. The fraction of sp³-hybridized carbons (Fsp3) is 0.294. The normalized spacial score (nSPS) is 18.4. The number of hydrogen-bond donors (Lipinski definition) is 2. The molecule has 2 aromatic rings. The van der Waals surface area contributed by atoms with E-state index in [2.05, 4.69) is 43.4 Å². The molecule has 20 heavy (non-hydrogen) atoms. The molecule has 3 heteroatoms. The van der Waals surface area contributed by atoms with E-state index < -0.39 is 0 Å². The molecule has 1 heterocycles. The molecule has 0 fully saturated rings. The van der Waals surface area contributed by atoms with Gasteiger partial charge in [0.1, 0.15) is 18.1 Å². The Labute approximate surface area is 119 Å². The van der Waals surface area contributed by atoms with Crippen molar-refractivity contribution in [2.24, 2.45) is 0 Å². The second-order valence-corrected chi connectivity index (χ2v) is 5.33. The van der Waals surface area contributed by atoms with Crippen LogP contribution in [0.2, 0.25) is 0 Å². The molecule has 2 aromatic carbocycles. The van der Waals surface area contributed by atoms with E-state index in [-0.39, 0.29) is 17.8 Å². The second kappa shape index (κ2) is 5.17. The van der Waals surface area contributed by atoms with Gasteiger partial charge in [-0.15, -0.1) is 0 Å². The summed E-state index contributed by atoms with van der Waals surface area (Å²) in [6, 6.07) is 14.1. The van der Waals surface area contributed by atoms with Gasteiger partial charge >= 0.3 is 0 Å². The van der Waals surface area contributed by atoms with Crippen molar-refractivity contribution in [1.82, 2.24) is 5.32 Å². The molecule has 2 N–H and O–H groups in total. The molecule has 0 spiro atoms. The fourth-order valence-electron chi connectivity index (χ4n) is 2.80. The average Bonchev–Trinajstić information content (AvgIpc) is 2.81. The van der Waals surface area contributed by atoms with E-state index in [4.69, 9.17) is 4.74 Å². The van der Waals surface area contributed by atoms with Crippen LogP contribution in [0.4, 0.5) is 0 Å². The number of phenols is 1. The molecule has 0 bridgehead atoms. The Hall–Kier alpha value is -2.00. The minimum atomic E-state index is 0.167. The molecule has 104 valence electrons. The predicted octanol–water partition coefficient (Wildman–Crippen LogP) is 3.48. The van der Waals surface area contributed by atoms with Crippen LogP contribution >= 0.6 is 0 Å². The topological polar surface area (TPSA) is 41.5 Å². The number of nitrogens with one attached hydrogen (secondary N) is 1. The summed E-state index contributed by atoms with van der Waals surface area (Å²) in [5, 5.41) is 13.1. The van der Waals surface area contributed by atoms with Crippen LogP contribution in [0.15, 0.2) is 42.5 Å². The van der Waals surface area contributed by atoms with Crippen LogP contribution in [0, 0.1) is 6.92 Å². The van der Waals surface area contributed by atoms with Gasteiger partial charge in [-0.25, -0.2) is 0 Å². The van der Waals surface area contributed by atoms with Crippen LogP contribution in [0.3, 0.4) is 0 Å². The van der Waals surface area contributed by atoms with Crippen molar-refractivity contribution in [2.75, 3.05) is 6.61 Å². The standard InChI is InChI=1S/C17H19NO2/c1-11-5-3-4-6-14(11)12(2)18-16-10-20-17-9-13(19)7-8-15(16)17/h3-9,12,16,18-19H,10H2,1-2H3/t12-,16?/m0/s1. The number of ether oxygens (including phenoxy) is 1. The van der Waals surface area contributed by atoms with Gasteiger partial charge in [-0.05, 0) is 37.1 Å². The van der Waals surface area contributed by atoms with E-state index in [0.29, 0.717) is 6.61 Å². The number of rotatable bonds is 3. The van der Waals surface area contributed by atoms with Gasteiger partial charge in [0.05, 0.1) is 6.04 Å². The number of benzene rings is 2. The van der Waals surface area contributed by atoms with Crippen molar-refractivity contribution in [3.63, 3.8) is 0 Å². The van der Waals surface area contributed by atoms with E-state index in [0.717, 1.165) is 11.3 Å². The third-order valence-corrected chi connectivity index (χ3v) is 3.88. The molecule has 1 aliphatic rings. The first-order chi connectivity index (χ1) is 9.65. The van der Waals surface area contributed by atoms with Crippen LogP contribution in [-0.4, -0.2) is 11.7 Å². The van der Waals surface area contributed by atoms with Gasteiger partial charge in [-0.2, -0.15) is 0 Å². The van der Waals surface area contributed by atoms with Crippen LogP contribution < -0.4 is 10.1 Å². The molecule has 0 aliphatic carbocycles. The summed E-state index contributed by atoms with van der Waals surface area (Å²) in [5.74, 6) is 1.02. The van der Waals surface area contributed by atoms with Gasteiger partial charge in [0.15, 0.2) is 0 Å². The Morgan fingerprint density at radius 1 is 1.25 bits per heavy atom. The Balaban J connectivity index is 1.79. The summed E-state index contributed by atoms with van der Waals surface area (Å²) in [5.41, 5.74) is 3.71. The number of fused-ring (bicyclic) bond motifs is 1. The van der Waals surface area contributed by atoms with Crippen molar-refractivity contribution in [1.29, 1.82) is 0 Å². The largest absolute Gasteiger partial charge is 0.508 e. The van der Waals surface area contributed by atoms with Gasteiger partial charge in [0.2, 0.25) is 0 Å². The molecule has 0 saturated carbocycles. The van der Waals surface area contributed by atoms with E-state index in [1.807, 2.05) is 6.07 Å². The molecule has 0 aromatic heterocycles. The SMILES string of the molecule is Cc1ccccc1[C@H](C)NC1COc2cc(O)ccc21. The summed E-state index contributed by atoms with van der Waals surface area (Å²) < 4.78 is 5.64. The molecule has 3 rings (SSSR count). The Kier molecular flexibility index (Phi) is 3.36. The highest BCUT2D eigenvalue weighted by Crippen LogP contribution is 2.36. The quantitative estimate of drug-likeness (QED) is 0.896. The maximum absolute atomic E-state index is 9.48. The molecule has 0 radical (unpaired) electrons. The van der Waals surface area contributed by atoms with Crippen LogP contribution in [0.1, 0.15) is 35.7 Å². The Morgan fingerprint density at radius 2 is 2.05 bits per heavy atom. The van der Waals surface area contributed by atoms with Crippen molar-refractivity contribution in [3.05, 3.63) is 59.2 Å². The van der Waals surface area contributed by atoms with Gasteiger partial charge in [-0.3, -0.25) is 0 Å². The summed E-state index contributed by atoms with van der Waals surface area (Å²) in [6.45, 7) is 4.90. The average molecular weight is 269 g/mol. The highest BCUT2D eigenvalue weighted by Gasteiger charge is 2.26. The van der Waals surface area contributed by atoms with Crippen molar-refractivity contribution >= 4 is 0 Å². The minimum Gasteiger partial charge on any atom is -0.508 e. The Bertz CT molecular complexity index is 624. The van der Waals surface area contributed by atoms with Crippen molar-refractivity contribution in [2.45, 2.75) is 25.9 Å². The first kappa shape index (κ1) is 13.0. The molecule has 1 aliphatic heterocycles. The van der Waals surface area contributed by atoms with Crippen LogP contribution in [0.5, 0.6) is 11.5 Å². The first-order valence-corrected chi connectivity index (χ1v) is 6.92. The number of phenolic OH excluding ortho intramolecular Hbond substituents is 1. The van der Waals surface area contributed by atoms with E-state index >= 15 is 0 Å². The third kappa shape index (κ3) is 2.37. The van der Waals surface area contributed by atoms with Crippen LogP contribution in [0.25, 0.3) is 0 Å². The highest BCUT2D eigenvalue weighted by atomic mass is 16.5. The monoisotopic (exact) mass is 269 g/mol. The van der Waals surface area contributed by atoms with E-state index in [1.54, 1.807) is 12.1 Å². The molecule has 0 amide bonds. The molecule has 1 unspecified atom stereocenters. The predicted molar refractivity (Wildman–Crippen MR) is 79.1 cm³/mol. The lowest BCUT2D eigenvalue weighted by molar-refractivity contribution is 0.300. The lowest BCUT2D eigenvalue weighted by Crippen LogP contribution is -2.26. The number of aromatic hydroxyl groups is 1. The highest BCUT2D eigenvalue weighted by molar-refractivity contribution is 5.44. The Morgan fingerprint density at radius 3 is 2.85 bits per heavy atom. The zero-order valence-electron chi connectivity index (χ0n) is 11.8. The van der Waals surface area contributed by atoms with Crippen molar-refractivity contribution < 1.29 is 9.84 Å². The van der Waals surface area contributed by atoms with E-state index in [1.165, 1.54) is 11.1 Å². The first-order valence-electron chi connectivity index (χ1n) is 6.92. The minimum absolute atomic E-state index is 0.167. The van der Waals surface area contributed by atoms with Gasteiger partial charge in [0, 0.05) is 17.7 Å². The van der Waals surface area contributed by atoms with Gasteiger partial charge in [0.25, 0.3) is 0 Å². The zero-order valence-corrected chi connectivity index (χ0v) is 11.8. The number of hydrogen-bond acceptors (Lipinski definition) is 3. The van der Waals surface area contributed by atoms with Crippen molar-refractivity contribution in [3.8, 4) is 11.5 Å². The molecular weight excluding hydrogens is 250 g/mol. The molecular formula is C17H19NO2. The third-order valence-electron chi connectivity index (χ3n) is 3.88. The smallest absolute Gasteiger partial charge is 0.127 e. The molecule has 2 atom stereocenters. The maximum Gasteiger partial charge on any atom is 0.127 e. The maximum atomic E-state index is 9.48. The second-order valence-electron chi connectivity index (χ2n) is 5.33. The van der Waals surface area contributed by atoms with Gasteiger partial charge in [-0.1, -0.05) is 24.3 Å². The van der Waals surface area contributed by atoms with E-state index in [9.17, 15) is 5.11 Å². The summed E-state index contributed by atoms with van der Waals surface area (Å²) >= 11 is 0. The summed E-state index contributed by atoms with van der Waals surface area (Å²) in [7, 11) is 0. The van der Waals surface area contributed by atoms with Crippen LogP contribution in [-0.2, 0) is 0 Å². The summed E-state index contributed by atoms with van der Waals surface area (Å²) in [4.78, 5) is 0. The lowest BCUT2D eigenvalue weighted by atomic mass is 10.0. The number of aryl methyl sites for hydroxylation is 1. The molecule has 0 saturated heterocycles. The van der Waals surface area contributed by atoms with Gasteiger partial charge < -0.3 is 15.2 Å². The summed E-state index contributed by atoms with van der Waals surface area (Å²) in [6.07, 6.45) is 0.